The zero-order valence-corrected chi connectivity index (χ0v) is 13.5. The van der Waals surface area contributed by atoms with Crippen LogP contribution in [-0.4, -0.2) is 0 Å². The Kier molecular flexibility index (Phi) is 5.27. The second kappa shape index (κ2) is 6.97. The molecule has 0 saturated heterocycles. The van der Waals surface area contributed by atoms with Crippen molar-refractivity contribution in [2.24, 2.45) is 5.73 Å². The van der Waals surface area contributed by atoms with E-state index in [9.17, 15) is 0 Å². The van der Waals surface area contributed by atoms with Gasteiger partial charge in [-0.3, -0.25) is 0 Å². The Balaban J connectivity index is 2.02. The van der Waals surface area contributed by atoms with Gasteiger partial charge >= 0.3 is 0 Å². The fourth-order valence-corrected chi connectivity index (χ4v) is 2.32. The number of hydrogen-bond donors (Lipinski definition) is 1. The van der Waals surface area contributed by atoms with E-state index >= 15 is 0 Å². The van der Waals surface area contributed by atoms with Crippen LogP contribution in [0.2, 0.25) is 5.02 Å². The largest absolute Gasteiger partial charge is 0.487 e. The van der Waals surface area contributed by atoms with Crippen molar-refractivity contribution in [1.29, 1.82) is 0 Å². The molecule has 2 aromatic carbocycles. The van der Waals surface area contributed by atoms with Gasteiger partial charge in [-0.25, -0.2) is 0 Å². The Morgan fingerprint density at radius 1 is 1.00 bits per heavy atom. The van der Waals surface area contributed by atoms with Crippen LogP contribution in [0.4, 0.5) is 0 Å². The molecule has 2 aromatic rings. The third-order valence-electron chi connectivity index (χ3n) is 3.52. The molecule has 0 aliphatic carbocycles. The quantitative estimate of drug-likeness (QED) is 0.837. The molecule has 0 radical (unpaired) electrons. The van der Waals surface area contributed by atoms with E-state index in [4.69, 9.17) is 22.1 Å². The van der Waals surface area contributed by atoms with Gasteiger partial charge in [0.1, 0.15) is 12.4 Å². The molecule has 0 amide bonds. The molecule has 2 nitrogen and oxygen atoms in total. The van der Waals surface area contributed by atoms with Crippen LogP contribution < -0.4 is 10.5 Å². The second-order valence-electron chi connectivity index (χ2n) is 5.66. The van der Waals surface area contributed by atoms with Gasteiger partial charge in [-0.05, 0) is 41.7 Å². The van der Waals surface area contributed by atoms with Crippen molar-refractivity contribution < 1.29 is 4.74 Å². The molecule has 2 N–H and O–H groups in total. The summed E-state index contributed by atoms with van der Waals surface area (Å²) in [6, 6.07) is 14.1. The zero-order chi connectivity index (χ0) is 15.4. The maximum Gasteiger partial charge on any atom is 0.138 e. The Labute approximate surface area is 131 Å². The average Bonchev–Trinajstić information content (AvgIpc) is 2.46. The first-order valence-electron chi connectivity index (χ1n) is 7.24. The van der Waals surface area contributed by atoms with Crippen molar-refractivity contribution in [3.05, 3.63) is 64.2 Å². The standard InChI is InChI=1S/C18H22ClNO/c1-12(2)15-6-4-14(5-7-15)11-21-18-9-8-16(13(3)20)10-17(18)19/h4-10,12-13H,11,20H2,1-3H3/t13-/m1/s1. The number of halogens is 1. The highest BCUT2D eigenvalue weighted by Crippen LogP contribution is 2.28. The first kappa shape index (κ1) is 15.9. The maximum absolute atomic E-state index is 6.23. The lowest BCUT2D eigenvalue weighted by atomic mass is 10.0. The van der Waals surface area contributed by atoms with Crippen LogP contribution in [0.25, 0.3) is 0 Å². The molecular weight excluding hydrogens is 282 g/mol. The minimum absolute atomic E-state index is 0.0277. The number of hydrogen-bond acceptors (Lipinski definition) is 2. The predicted molar refractivity (Wildman–Crippen MR) is 88.9 cm³/mol. The van der Waals surface area contributed by atoms with Gasteiger partial charge in [0.05, 0.1) is 5.02 Å². The topological polar surface area (TPSA) is 35.2 Å². The number of ether oxygens (including phenoxy) is 1. The monoisotopic (exact) mass is 303 g/mol. The van der Waals surface area contributed by atoms with E-state index in [1.807, 2.05) is 25.1 Å². The van der Waals surface area contributed by atoms with E-state index in [1.165, 1.54) is 5.56 Å². The van der Waals surface area contributed by atoms with Crippen molar-refractivity contribution >= 4 is 11.6 Å². The molecule has 0 unspecified atom stereocenters. The van der Waals surface area contributed by atoms with Gasteiger partial charge in [-0.2, -0.15) is 0 Å². The lowest BCUT2D eigenvalue weighted by molar-refractivity contribution is 0.306. The van der Waals surface area contributed by atoms with E-state index < -0.39 is 0 Å². The van der Waals surface area contributed by atoms with Crippen LogP contribution in [-0.2, 0) is 6.61 Å². The minimum Gasteiger partial charge on any atom is -0.487 e. The van der Waals surface area contributed by atoms with E-state index in [0.29, 0.717) is 23.3 Å². The molecule has 112 valence electrons. The van der Waals surface area contributed by atoms with Gasteiger partial charge in [-0.15, -0.1) is 0 Å². The third-order valence-corrected chi connectivity index (χ3v) is 3.82. The molecule has 21 heavy (non-hydrogen) atoms. The van der Waals surface area contributed by atoms with Gasteiger partial charge in [0.2, 0.25) is 0 Å². The van der Waals surface area contributed by atoms with Crippen molar-refractivity contribution in [1.82, 2.24) is 0 Å². The molecule has 0 spiro atoms. The maximum atomic E-state index is 6.23. The van der Waals surface area contributed by atoms with Crippen LogP contribution >= 0.6 is 11.6 Å². The zero-order valence-electron chi connectivity index (χ0n) is 12.8. The highest BCUT2D eigenvalue weighted by atomic mass is 35.5. The number of rotatable bonds is 5. The number of nitrogens with two attached hydrogens (primary N) is 1. The molecule has 0 aliphatic heterocycles. The van der Waals surface area contributed by atoms with Crippen molar-refractivity contribution in [2.75, 3.05) is 0 Å². The summed E-state index contributed by atoms with van der Waals surface area (Å²) in [6.45, 7) is 6.81. The van der Waals surface area contributed by atoms with Gasteiger partial charge in [0.15, 0.2) is 0 Å². The molecule has 0 heterocycles. The van der Waals surface area contributed by atoms with Gasteiger partial charge < -0.3 is 10.5 Å². The molecule has 0 saturated carbocycles. The molecular formula is C18H22ClNO. The first-order valence-corrected chi connectivity index (χ1v) is 7.62. The fraction of sp³-hybridized carbons (Fsp3) is 0.333. The summed E-state index contributed by atoms with van der Waals surface area (Å²) in [6.07, 6.45) is 0. The summed E-state index contributed by atoms with van der Waals surface area (Å²) >= 11 is 6.23. The summed E-state index contributed by atoms with van der Waals surface area (Å²) in [7, 11) is 0. The predicted octanol–water partition coefficient (Wildman–Crippen LogP) is 5.06. The first-order chi connectivity index (χ1) is 9.97. The molecule has 1 atom stereocenters. The molecule has 0 aromatic heterocycles. The number of benzene rings is 2. The van der Waals surface area contributed by atoms with Crippen molar-refractivity contribution in [2.45, 2.75) is 39.3 Å². The molecule has 0 fully saturated rings. The Hall–Kier alpha value is -1.51. The summed E-state index contributed by atoms with van der Waals surface area (Å²) in [5.41, 5.74) is 9.31. The highest BCUT2D eigenvalue weighted by Gasteiger charge is 2.06. The molecule has 2 rings (SSSR count). The van der Waals surface area contributed by atoms with E-state index in [-0.39, 0.29) is 6.04 Å². The Bertz CT molecular complexity index is 591. The summed E-state index contributed by atoms with van der Waals surface area (Å²) < 4.78 is 5.79. The summed E-state index contributed by atoms with van der Waals surface area (Å²) in [5, 5.41) is 0.601. The van der Waals surface area contributed by atoms with E-state index in [0.717, 1.165) is 11.1 Å². The normalized spacial score (nSPS) is 12.5. The fourth-order valence-electron chi connectivity index (χ4n) is 2.08. The van der Waals surface area contributed by atoms with Crippen LogP contribution in [0, 0.1) is 0 Å². The third kappa shape index (κ3) is 4.23. The van der Waals surface area contributed by atoms with Crippen molar-refractivity contribution in [3.8, 4) is 5.75 Å². The minimum atomic E-state index is -0.0277. The lowest BCUT2D eigenvalue weighted by Crippen LogP contribution is -2.05. The van der Waals surface area contributed by atoms with Gasteiger partial charge in [0, 0.05) is 6.04 Å². The van der Waals surface area contributed by atoms with Gasteiger partial charge in [0.25, 0.3) is 0 Å². The smallest absolute Gasteiger partial charge is 0.138 e. The lowest BCUT2D eigenvalue weighted by Gasteiger charge is -2.12. The van der Waals surface area contributed by atoms with Crippen LogP contribution in [0.5, 0.6) is 5.75 Å². The summed E-state index contributed by atoms with van der Waals surface area (Å²) in [4.78, 5) is 0. The van der Waals surface area contributed by atoms with E-state index in [1.54, 1.807) is 0 Å². The molecule has 0 aliphatic rings. The van der Waals surface area contributed by atoms with E-state index in [2.05, 4.69) is 38.1 Å². The SMILES string of the molecule is CC(C)c1ccc(COc2ccc([C@@H](C)N)cc2Cl)cc1. The molecule has 0 bridgehead atoms. The van der Waals surface area contributed by atoms with Crippen LogP contribution in [0.1, 0.15) is 49.4 Å². The van der Waals surface area contributed by atoms with Crippen LogP contribution in [0.15, 0.2) is 42.5 Å². The summed E-state index contributed by atoms with van der Waals surface area (Å²) in [5.74, 6) is 1.23. The van der Waals surface area contributed by atoms with Crippen molar-refractivity contribution in [3.63, 3.8) is 0 Å². The second-order valence-corrected chi connectivity index (χ2v) is 6.07. The molecule has 3 heteroatoms. The Morgan fingerprint density at radius 3 is 2.14 bits per heavy atom. The van der Waals surface area contributed by atoms with Crippen LogP contribution in [0.3, 0.4) is 0 Å². The average molecular weight is 304 g/mol. The Morgan fingerprint density at radius 2 is 1.62 bits per heavy atom. The van der Waals surface area contributed by atoms with Gasteiger partial charge in [-0.1, -0.05) is 55.8 Å². The highest BCUT2D eigenvalue weighted by molar-refractivity contribution is 6.32.